The highest BCUT2D eigenvalue weighted by Gasteiger charge is 2.21. The highest BCUT2D eigenvalue weighted by atomic mass is 16.5. The van der Waals surface area contributed by atoms with E-state index in [9.17, 15) is 4.79 Å². The quantitative estimate of drug-likeness (QED) is 0.532. The number of nitrogens with two attached hydrogens (primary N) is 1. The lowest BCUT2D eigenvalue weighted by atomic mass is 9.92. The number of amides is 1. The predicted molar refractivity (Wildman–Crippen MR) is 133 cm³/mol. The van der Waals surface area contributed by atoms with Crippen molar-refractivity contribution in [3.63, 3.8) is 0 Å². The fourth-order valence-electron chi connectivity index (χ4n) is 4.38. The van der Waals surface area contributed by atoms with E-state index in [1.54, 1.807) is 0 Å². The van der Waals surface area contributed by atoms with E-state index in [-0.39, 0.29) is 11.9 Å². The highest BCUT2D eigenvalue weighted by molar-refractivity contribution is 5.97. The molecule has 1 aromatic heterocycles. The number of carbonyl (C=O) groups excluding carboxylic acids is 1. The molecule has 0 radical (unpaired) electrons. The first-order valence-corrected chi connectivity index (χ1v) is 12.2. The van der Waals surface area contributed by atoms with Gasteiger partial charge in [0.1, 0.15) is 5.75 Å². The van der Waals surface area contributed by atoms with Crippen LogP contribution >= 0.6 is 0 Å². The van der Waals surface area contributed by atoms with Crippen molar-refractivity contribution < 1.29 is 9.53 Å². The van der Waals surface area contributed by atoms with Crippen LogP contribution in [0.15, 0.2) is 24.5 Å². The minimum Gasteiger partial charge on any atom is -0.494 e. The van der Waals surface area contributed by atoms with E-state index in [4.69, 9.17) is 10.5 Å². The van der Waals surface area contributed by atoms with Crippen LogP contribution in [0.2, 0.25) is 0 Å². The van der Waals surface area contributed by atoms with Gasteiger partial charge in [0, 0.05) is 43.6 Å². The average Bonchev–Trinajstić information content (AvgIpc) is 2.80. The lowest BCUT2D eigenvalue weighted by Gasteiger charge is -2.32. The first kappa shape index (κ1) is 25.0. The summed E-state index contributed by atoms with van der Waals surface area (Å²) >= 11 is 0. The van der Waals surface area contributed by atoms with E-state index < -0.39 is 0 Å². The van der Waals surface area contributed by atoms with Crippen LogP contribution in [-0.4, -0.2) is 48.2 Å². The summed E-state index contributed by atoms with van der Waals surface area (Å²) in [5.74, 6) is 2.33. The van der Waals surface area contributed by atoms with Gasteiger partial charge in [0.15, 0.2) is 0 Å². The molecule has 7 heteroatoms. The predicted octanol–water partition coefficient (Wildman–Crippen LogP) is 3.81. The van der Waals surface area contributed by atoms with Crippen LogP contribution in [-0.2, 0) is 6.42 Å². The summed E-state index contributed by atoms with van der Waals surface area (Å²) in [6.45, 7) is 11.1. The molecule has 1 aromatic carbocycles. The molecule has 3 N–H and O–H groups in total. The molecule has 0 bridgehead atoms. The van der Waals surface area contributed by atoms with Gasteiger partial charge >= 0.3 is 0 Å². The zero-order valence-corrected chi connectivity index (χ0v) is 20.6. The number of piperidine rings is 1. The van der Waals surface area contributed by atoms with Crippen molar-refractivity contribution in [1.29, 1.82) is 0 Å². The molecule has 1 atom stereocenters. The molecule has 1 amide bonds. The number of benzene rings is 1. The summed E-state index contributed by atoms with van der Waals surface area (Å²) in [7, 11) is 0. The topological polar surface area (TPSA) is 93.4 Å². The number of nitrogens with one attached hydrogen (secondary N) is 1. The summed E-state index contributed by atoms with van der Waals surface area (Å²) in [5, 5.41) is 2.89. The van der Waals surface area contributed by atoms with Crippen LogP contribution < -0.4 is 20.7 Å². The summed E-state index contributed by atoms with van der Waals surface area (Å²) in [4.78, 5) is 23.8. The largest absolute Gasteiger partial charge is 0.494 e. The van der Waals surface area contributed by atoms with E-state index in [0.29, 0.717) is 18.7 Å². The number of carbonyl (C=O) groups is 1. The smallest absolute Gasteiger partial charge is 0.251 e. The van der Waals surface area contributed by atoms with E-state index in [1.165, 1.54) is 24.8 Å². The van der Waals surface area contributed by atoms with Gasteiger partial charge in [0.2, 0.25) is 5.95 Å². The number of aryl methyl sites for hydroxylation is 3. The third-order valence-corrected chi connectivity index (χ3v) is 6.34. The van der Waals surface area contributed by atoms with Gasteiger partial charge < -0.3 is 20.7 Å². The molecule has 0 spiro atoms. The fourth-order valence-corrected chi connectivity index (χ4v) is 4.38. The van der Waals surface area contributed by atoms with E-state index >= 15 is 0 Å². The molecule has 180 valence electrons. The van der Waals surface area contributed by atoms with Gasteiger partial charge in [-0.1, -0.05) is 6.92 Å². The van der Waals surface area contributed by atoms with Gasteiger partial charge in [-0.25, -0.2) is 9.97 Å². The molecular weight excluding hydrogens is 414 g/mol. The summed E-state index contributed by atoms with van der Waals surface area (Å²) in [5.41, 5.74) is 9.48. The van der Waals surface area contributed by atoms with Gasteiger partial charge in [0.25, 0.3) is 5.91 Å². The van der Waals surface area contributed by atoms with E-state index in [1.807, 2.05) is 45.3 Å². The number of aromatic nitrogens is 2. The van der Waals surface area contributed by atoms with Crippen molar-refractivity contribution in [2.75, 3.05) is 31.1 Å². The van der Waals surface area contributed by atoms with Gasteiger partial charge in [-0.3, -0.25) is 4.79 Å². The Kier molecular flexibility index (Phi) is 9.06. The Labute approximate surface area is 198 Å². The molecule has 0 saturated carbocycles. The second kappa shape index (κ2) is 12.0. The molecule has 1 aliphatic rings. The lowest BCUT2D eigenvalue weighted by molar-refractivity contribution is 0.0950. The van der Waals surface area contributed by atoms with Crippen molar-refractivity contribution in [1.82, 2.24) is 15.3 Å². The summed E-state index contributed by atoms with van der Waals surface area (Å²) < 4.78 is 6.02. The van der Waals surface area contributed by atoms with Gasteiger partial charge in [-0.05, 0) is 87.6 Å². The molecule has 0 aliphatic carbocycles. The van der Waals surface area contributed by atoms with Gasteiger partial charge in [0.05, 0.1) is 6.61 Å². The molecule has 1 unspecified atom stereocenters. The third kappa shape index (κ3) is 7.16. The molecular formula is C26H39N5O2. The first-order chi connectivity index (χ1) is 15.9. The second-order valence-corrected chi connectivity index (χ2v) is 9.29. The Morgan fingerprint density at radius 2 is 1.85 bits per heavy atom. The van der Waals surface area contributed by atoms with Crippen molar-refractivity contribution >= 4 is 11.9 Å². The maximum absolute atomic E-state index is 12.5. The molecule has 1 fully saturated rings. The summed E-state index contributed by atoms with van der Waals surface area (Å²) in [6, 6.07) is 3.84. The van der Waals surface area contributed by atoms with Crippen molar-refractivity contribution in [2.24, 2.45) is 11.7 Å². The molecule has 2 heterocycles. The van der Waals surface area contributed by atoms with Crippen LogP contribution in [0.25, 0.3) is 0 Å². The van der Waals surface area contributed by atoms with E-state index in [0.717, 1.165) is 54.7 Å². The zero-order chi connectivity index (χ0) is 23.8. The number of anilines is 1. The van der Waals surface area contributed by atoms with Crippen LogP contribution in [0, 0.1) is 19.8 Å². The van der Waals surface area contributed by atoms with Gasteiger partial charge in [-0.15, -0.1) is 0 Å². The molecule has 1 aliphatic heterocycles. The Morgan fingerprint density at radius 3 is 2.42 bits per heavy atom. The Hall–Kier alpha value is -2.67. The lowest BCUT2D eigenvalue weighted by Crippen LogP contribution is -2.35. The maximum Gasteiger partial charge on any atom is 0.251 e. The van der Waals surface area contributed by atoms with Crippen molar-refractivity contribution in [3.8, 4) is 5.75 Å². The number of hydrogen-bond donors (Lipinski definition) is 2. The standard InChI is InChI=1S/C26H39N5O2/c1-5-21-16-29-26(30-17-21)31-10-8-22(9-11-31)7-6-12-33-23-13-18(2)24(19(3)14-23)25(32)28-15-20(4)27/h13-14,16-17,20,22H,5-12,15,27H2,1-4H3,(H,28,32). The van der Waals surface area contributed by atoms with Crippen LogP contribution in [0.5, 0.6) is 5.75 Å². The molecule has 1 saturated heterocycles. The fraction of sp³-hybridized carbons (Fsp3) is 0.577. The van der Waals surface area contributed by atoms with Gasteiger partial charge in [-0.2, -0.15) is 0 Å². The third-order valence-electron chi connectivity index (χ3n) is 6.34. The minimum atomic E-state index is -0.0769. The number of hydrogen-bond acceptors (Lipinski definition) is 6. The minimum absolute atomic E-state index is 0.0647. The first-order valence-electron chi connectivity index (χ1n) is 12.2. The van der Waals surface area contributed by atoms with Crippen LogP contribution in [0.3, 0.4) is 0 Å². The SMILES string of the molecule is CCc1cnc(N2CCC(CCCOc3cc(C)c(C(=O)NCC(C)N)c(C)c3)CC2)nc1. The maximum atomic E-state index is 12.5. The van der Waals surface area contributed by atoms with Crippen molar-refractivity contribution in [2.45, 2.75) is 65.8 Å². The average molecular weight is 454 g/mol. The normalized spacial score (nSPS) is 15.4. The Balaban J connectivity index is 1.40. The zero-order valence-electron chi connectivity index (χ0n) is 20.6. The summed E-state index contributed by atoms with van der Waals surface area (Å²) in [6.07, 6.45) is 9.38. The molecule has 2 aromatic rings. The van der Waals surface area contributed by atoms with Crippen molar-refractivity contribution in [3.05, 3.63) is 46.8 Å². The molecule has 3 rings (SSSR count). The van der Waals surface area contributed by atoms with Crippen LogP contribution in [0.4, 0.5) is 5.95 Å². The highest BCUT2D eigenvalue weighted by Crippen LogP contribution is 2.25. The Morgan fingerprint density at radius 1 is 1.21 bits per heavy atom. The number of rotatable bonds is 10. The molecule has 33 heavy (non-hydrogen) atoms. The second-order valence-electron chi connectivity index (χ2n) is 9.29. The van der Waals surface area contributed by atoms with E-state index in [2.05, 4.69) is 27.1 Å². The number of nitrogens with zero attached hydrogens (tertiary/aromatic N) is 3. The Bertz CT molecular complexity index is 882. The molecule has 7 nitrogen and oxygen atoms in total. The van der Waals surface area contributed by atoms with Crippen LogP contribution in [0.1, 0.15) is 66.6 Å². The number of ether oxygens (including phenoxy) is 1. The monoisotopic (exact) mass is 453 g/mol.